The number of nitrogens with two attached hydrogens (primary N) is 1. The minimum Gasteiger partial charge on any atom is -0.444 e. The van der Waals surface area contributed by atoms with Crippen molar-refractivity contribution in [1.29, 1.82) is 0 Å². The largest absolute Gasteiger partial charge is 0.444 e. The van der Waals surface area contributed by atoms with E-state index in [-0.39, 0.29) is 11.8 Å². The number of aromatic nitrogens is 3. The average Bonchev–Trinajstić information content (AvgIpc) is 2.98. The first-order valence-corrected chi connectivity index (χ1v) is 5.76. The lowest BCUT2D eigenvalue weighted by Gasteiger charge is -2.06. The van der Waals surface area contributed by atoms with Gasteiger partial charge in [0.2, 0.25) is 5.95 Å². The zero-order valence-electron chi connectivity index (χ0n) is 10.2. The van der Waals surface area contributed by atoms with Crippen LogP contribution in [0.3, 0.4) is 0 Å². The second kappa shape index (κ2) is 4.96. The Morgan fingerprint density at radius 2 is 1.95 bits per heavy atom. The maximum Gasteiger partial charge on any atom is 0.229 e. The number of nitrogens with one attached hydrogen (secondary N) is 1. The SMILES string of the molecule is Nc1nc(Nc2ccc(-c3cnco3)cc2)ncc1F. The van der Waals surface area contributed by atoms with Crippen LogP contribution in [-0.2, 0) is 0 Å². The van der Waals surface area contributed by atoms with Crippen LogP contribution < -0.4 is 11.1 Å². The van der Waals surface area contributed by atoms with E-state index < -0.39 is 5.82 Å². The molecule has 1 aromatic carbocycles. The number of nitrogen functional groups attached to an aromatic ring is 1. The quantitative estimate of drug-likeness (QED) is 0.761. The van der Waals surface area contributed by atoms with Crippen LogP contribution in [-0.4, -0.2) is 15.0 Å². The highest BCUT2D eigenvalue weighted by Gasteiger charge is 2.05. The Bertz CT molecular complexity index is 712. The summed E-state index contributed by atoms with van der Waals surface area (Å²) in [6.07, 6.45) is 4.02. The van der Waals surface area contributed by atoms with E-state index in [1.54, 1.807) is 6.20 Å². The highest BCUT2D eigenvalue weighted by Crippen LogP contribution is 2.22. The highest BCUT2D eigenvalue weighted by molar-refractivity contribution is 5.63. The molecule has 0 saturated heterocycles. The predicted octanol–water partition coefficient (Wildman–Crippen LogP) is 2.60. The molecular formula is C13H10FN5O. The van der Waals surface area contributed by atoms with Crippen molar-refractivity contribution in [3.05, 3.63) is 48.9 Å². The molecule has 0 atom stereocenters. The number of benzene rings is 1. The van der Waals surface area contributed by atoms with Gasteiger partial charge in [0.1, 0.15) is 0 Å². The summed E-state index contributed by atoms with van der Waals surface area (Å²) in [4.78, 5) is 11.4. The Hall–Kier alpha value is -2.96. The van der Waals surface area contributed by atoms with E-state index in [0.717, 1.165) is 17.4 Å². The van der Waals surface area contributed by atoms with Gasteiger partial charge in [-0.15, -0.1) is 0 Å². The maximum absolute atomic E-state index is 13.0. The van der Waals surface area contributed by atoms with Crippen LogP contribution in [0.1, 0.15) is 0 Å². The normalized spacial score (nSPS) is 10.4. The molecule has 7 heteroatoms. The molecule has 100 valence electrons. The van der Waals surface area contributed by atoms with Gasteiger partial charge in [-0.25, -0.2) is 14.4 Å². The van der Waals surface area contributed by atoms with Crippen LogP contribution in [0, 0.1) is 5.82 Å². The molecule has 6 nitrogen and oxygen atoms in total. The zero-order valence-corrected chi connectivity index (χ0v) is 10.2. The third-order valence-corrected chi connectivity index (χ3v) is 2.63. The summed E-state index contributed by atoms with van der Waals surface area (Å²) in [6, 6.07) is 7.35. The first-order chi connectivity index (χ1) is 9.72. The van der Waals surface area contributed by atoms with Gasteiger partial charge in [-0.1, -0.05) is 0 Å². The van der Waals surface area contributed by atoms with E-state index in [9.17, 15) is 4.39 Å². The first-order valence-electron chi connectivity index (χ1n) is 5.76. The van der Waals surface area contributed by atoms with Crippen LogP contribution >= 0.6 is 0 Å². The molecule has 3 rings (SSSR count). The number of hydrogen-bond acceptors (Lipinski definition) is 6. The standard InChI is InChI=1S/C13H10FN5O/c14-10-5-17-13(19-12(10)15)18-9-3-1-8(2-4-9)11-6-16-7-20-11/h1-7H,(H3,15,17,18,19). The molecule has 2 heterocycles. The van der Waals surface area contributed by atoms with Crippen molar-refractivity contribution >= 4 is 17.5 Å². The summed E-state index contributed by atoms with van der Waals surface area (Å²) < 4.78 is 18.1. The van der Waals surface area contributed by atoms with Gasteiger partial charge in [-0.05, 0) is 24.3 Å². The Morgan fingerprint density at radius 3 is 2.60 bits per heavy atom. The average molecular weight is 271 g/mol. The summed E-state index contributed by atoms with van der Waals surface area (Å²) in [5, 5.41) is 2.93. The third-order valence-electron chi connectivity index (χ3n) is 2.63. The van der Waals surface area contributed by atoms with Crippen LogP contribution in [0.15, 0.2) is 47.5 Å². The number of hydrogen-bond donors (Lipinski definition) is 2. The van der Waals surface area contributed by atoms with Gasteiger partial charge in [0.05, 0.1) is 12.4 Å². The molecule has 2 aromatic heterocycles. The Kier molecular flexibility index (Phi) is 3.00. The van der Waals surface area contributed by atoms with Crippen LogP contribution in [0.5, 0.6) is 0 Å². The van der Waals surface area contributed by atoms with Crippen molar-refractivity contribution in [2.75, 3.05) is 11.1 Å². The molecule has 20 heavy (non-hydrogen) atoms. The fourth-order valence-electron chi connectivity index (χ4n) is 1.65. The molecule has 0 bridgehead atoms. The maximum atomic E-state index is 13.0. The molecule has 0 aliphatic heterocycles. The minimum absolute atomic E-state index is 0.194. The lowest BCUT2D eigenvalue weighted by atomic mass is 10.2. The molecule has 0 aliphatic carbocycles. The monoisotopic (exact) mass is 271 g/mol. The predicted molar refractivity (Wildman–Crippen MR) is 71.6 cm³/mol. The summed E-state index contributed by atoms with van der Waals surface area (Å²) >= 11 is 0. The third kappa shape index (κ3) is 2.41. The molecule has 3 aromatic rings. The van der Waals surface area contributed by atoms with Gasteiger partial charge < -0.3 is 15.5 Å². The van der Waals surface area contributed by atoms with Gasteiger partial charge in [0.15, 0.2) is 23.8 Å². The molecule has 0 spiro atoms. The lowest BCUT2D eigenvalue weighted by molar-refractivity contribution is 0.572. The van der Waals surface area contributed by atoms with Crippen molar-refractivity contribution < 1.29 is 8.81 Å². The second-order valence-electron chi connectivity index (χ2n) is 3.99. The second-order valence-corrected chi connectivity index (χ2v) is 3.99. The Morgan fingerprint density at radius 1 is 1.15 bits per heavy atom. The molecule has 0 amide bonds. The number of anilines is 3. The van der Waals surface area contributed by atoms with Crippen LogP contribution in [0.2, 0.25) is 0 Å². The molecular weight excluding hydrogens is 261 g/mol. The van der Waals surface area contributed by atoms with Crippen molar-refractivity contribution in [2.24, 2.45) is 0 Å². The Labute approximate surface area is 113 Å². The fourth-order valence-corrected chi connectivity index (χ4v) is 1.65. The van der Waals surface area contributed by atoms with Gasteiger partial charge in [-0.3, -0.25) is 0 Å². The van der Waals surface area contributed by atoms with Gasteiger partial charge in [-0.2, -0.15) is 4.98 Å². The van der Waals surface area contributed by atoms with E-state index in [4.69, 9.17) is 10.2 Å². The fraction of sp³-hybridized carbons (Fsp3) is 0. The highest BCUT2D eigenvalue weighted by atomic mass is 19.1. The lowest BCUT2D eigenvalue weighted by Crippen LogP contribution is -2.02. The van der Waals surface area contributed by atoms with E-state index in [1.807, 2.05) is 24.3 Å². The van der Waals surface area contributed by atoms with E-state index in [1.165, 1.54) is 6.39 Å². The number of nitrogens with zero attached hydrogens (tertiary/aromatic N) is 3. The molecule has 0 fully saturated rings. The van der Waals surface area contributed by atoms with Crippen LogP contribution in [0.4, 0.5) is 21.8 Å². The Balaban J connectivity index is 1.79. The molecule has 3 N–H and O–H groups in total. The van der Waals surface area contributed by atoms with Crippen molar-refractivity contribution in [3.8, 4) is 11.3 Å². The van der Waals surface area contributed by atoms with E-state index in [0.29, 0.717) is 5.76 Å². The van der Waals surface area contributed by atoms with Gasteiger partial charge in [0.25, 0.3) is 0 Å². The molecule has 0 aliphatic rings. The van der Waals surface area contributed by atoms with Gasteiger partial charge >= 0.3 is 0 Å². The molecule has 0 radical (unpaired) electrons. The van der Waals surface area contributed by atoms with E-state index >= 15 is 0 Å². The van der Waals surface area contributed by atoms with Crippen LogP contribution in [0.25, 0.3) is 11.3 Å². The van der Waals surface area contributed by atoms with Gasteiger partial charge in [0, 0.05) is 11.3 Å². The zero-order chi connectivity index (χ0) is 13.9. The smallest absolute Gasteiger partial charge is 0.229 e. The van der Waals surface area contributed by atoms with E-state index in [2.05, 4.69) is 20.3 Å². The number of halogens is 1. The van der Waals surface area contributed by atoms with Crippen molar-refractivity contribution in [3.63, 3.8) is 0 Å². The molecule has 0 saturated carbocycles. The van der Waals surface area contributed by atoms with Crippen molar-refractivity contribution in [1.82, 2.24) is 15.0 Å². The number of oxazole rings is 1. The topological polar surface area (TPSA) is 89.9 Å². The summed E-state index contributed by atoms with van der Waals surface area (Å²) in [6.45, 7) is 0. The summed E-state index contributed by atoms with van der Waals surface area (Å²) in [7, 11) is 0. The summed E-state index contributed by atoms with van der Waals surface area (Å²) in [5.74, 6) is 0.0761. The minimum atomic E-state index is -0.642. The molecule has 0 unspecified atom stereocenters. The number of rotatable bonds is 3. The summed E-state index contributed by atoms with van der Waals surface area (Å²) in [5.41, 5.74) is 7.02. The van der Waals surface area contributed by atoms with Crippen molar-refractivity contribution in [2.45, 2.75) is 0 Å². The first kappa shape index (κ1) is 12.1.